The van der Waals surface area contributed by atoms with E-state index in [1.165, 1.54) is 0 Å². The van der Waals surface area contributed by atoms with Gasteiger partial charge in [-0.1, -0.05) is 12.1 Å². The van der Waals surface area contributed by atoms with Crippen molar-refractivity contribution in [2.75, 3.05) is 20.3 Å². The smallest absolute Gasteiger partial charge is 0.213 e. The topological polar surface area (TPSA) is 65.7 Å². The fourth-order valence-corrected chi connectivity index (χ4v) is 1.63. The highest BCUT2D eigenvalue weighted by molar-refractivity contribution is 5.32. The van der Waals surface area contributed by atoms with E-state index in [-0.39, 0.29) is 0 Å². The normalized spacial score (nSPS) is 20.9. The average molecular weight is 262 g/mol. The lowest BCUT2D eigenvalue weighted by molar-refractivity contribution is -0.0321. The van der Waals surface area contributed by atoms with Gasteiger partial charge in [0, 0.05) is 12.3 Å². The van der Waals surface area contributed by atoms with Gasteiger partial charge in [0.05, 0.1) is 13.7 Å². The fourth-order valence-electron chi connectivity index (χ4n) is 1.63. The lowest BCUT2D eigenvalue weighted by Gasteiger charge is -2.28. The molecule has 19 heavy (non-hydrogen) atoms. The Bertz CT molecular complexity index is 474. The molecule has 5 nitrogen and oxygen atoms in total. The molecule has 2 rings (SSSR count). The lowest BCUT2D eigenvalue weighted by Crippen LogP contribution is -2.53. The highest BCUT2D eigenvalue weighted by atomic mass is 16.6. The predicted octanol–water partition coefficient (Wildman–Crippen LogP) is 1.38. The molecule has 0 amide bonds. The van der Waals surface area contributed by atoms with Crippen molar-refractivity contribution in [3.8, 4) is 11.5 Å². The number of nitrogens with two attached hydrogens (primary N) is 1. The van der Waals surface area contributed by atoms with Gasteiger partial charge in [-0.15, -0.1) is 0 Å². The minimum atomic E-state index is -0.952. The van der Waals surface area contributed by atoms with Crippen LogP contribution in [0.2, 0.25) is 0 Å². The number of hydrogen-bond acceptors (Lipinski definition) is 5. The number of allylic oxidation sites excluding steroid dienone is 2. The van der Waals surface area contributed by atoms with Gasteiger partial charge in [0.25, 0.3) is 0 Å². The van der Waals surface area contributed by atoms with E-state index >= 15 is 0 Å². The zero-order valence-corrected chi connectivity index (χ0v) is 10.8. The first-order valence-corrected chi connectivity index (χ1v) is 6.04. The first kappa shape index (κ1) is 13.5. The van der Waals surface area contributed by atoms with E-state index in [4.69, 9.17) is 19.9 Å². The number of rotatable bonds is 6. The van der Waals surface area contributed by atoms with Crippen LogP contribution in [-0.4, -0.2) is 26.2 Å². The first-order chi connectivity index (χ1) is 9.22. The molecule has 0 aliphatic carbocycles. The molecule has 102 valence electrons. The van der Waals surface area contributed by atoms with E-state index < -0.39 is 5.85 Å². The maximum atomic E-state index is 5.94. The van der Waals surface area contributed by atoms with Crippen molar-refractivity contribution in [2.24, 2.45) is 5.73 Å². The molecule has 3 N–H and O–H groups in total. The summed E-state index contributed by atoms with van der Waals surface area (Å²) in [6.45, 7) is 0.782. The summed E-state index contributed by atoms with van der Waals surface area (Å²) in [5, 5.41) is 2.93. The number of hydrogen-bond donors (Lipinski definition) is 2. The summed E-state index contributed by atoms with van der Waals surface area (Å²) in [4.78, 5) is 0. The highest BCUT2D eigenvalue weighted by Crippen LogP contribution is 2.18. The minimum absolute atomic E-state index is 0.374. The van der Waals surface area contributed by atoms with Crippen LogP contribution < -0.4 is 20.5 Å². The van der Waals surface area contributed by atoms with Crippen molar-refractivity contribution in [2.45, 2.75) is 5.85 Å². The molecule has 1 aromatic carbocycles. The molecule has 0 saturated carbocycles. The number of ether oxygens (including phenoxy) is 3. The Hall–Kier alpha value is -1.98. The summed E-state index contributed by atoms with van der Waals surface area (Å²) in [5.74, 6) is 0.545. The molecular formula is C14H18N2O3. The predicted molar refractivity (Wildman–Crippen MR) is 72.8 cm³/mol. The molecule has 1 aliphatic heterocycles. The minimum Gasteiger partial charge on any atom is -0.497 e. The Morgan fingerprint density at radius 3 is 2.79 bits per heavy atom. The zero-order valence-electron chi connectivity index (χ0n) is 10.8. The second kappa shape index (κ2) is 6.26. The zero-order chi connectivity index (χ0) is 13.6. The Balaban J connectivity index is 1.74. The number of methoxy groups -OCH3 is 1. The largest absolute Gasteiger partial charge is 0.497 e. The van der Waals surface area contributed by atoms with Gasteiger partial charge in [0.2, 0.25) is 5.85 Å². The van der Waals surface area contributed by atoms with Gasteiger partial charge >= 0.3 is 0 Å². The molecular weight excluding hydrogens is 244 g/mol. The average Bonchev–Trinajstić information content (AvgIpc) is 2.45. The third kappa shape index (κ3) is 4.01. The van der Waals surface area contributed by atoms with Gasteiger partial charge in [-0.25, -0.2) is 0 Å². The number of benzene rings is 1. The summed E-state index contributed by atoms with van der Waals surface area (Å²) in [5.41, 5.74) is 5.94. The van der Waals surface area contributed by atoms with Crippen molar-refractivity contribution in [3.05, 3.63) is 48.7 Å². The Kier molecular flexibility index (Phi) is 4.43. The molecule has 0 spiro atoms. The van der Waals surface area contributed by atoms with E-state index in [1.54, 1.807) is 19.4 Å². The molecule has 1 atom stereocenters. The molecule has 0 bridgehead atoms. The molecule has 0 aromatic heterocycles. The SMILES string of the molecule is COc1cccc(OCCOC2(N)C=CC=CN2)c1. The van der Waals surface area contributed by atoms with Gasteiger partial charge in [-0.05, 0) is 24.3 Å². The van der Waals surface area contributed by atoms with Crippen LogP contribution in [0.3, 0.4) is 0 Å². The Labute approximate surface area is 112 Å². The van der Waals surface area contributed by atoms with Crippen LogP contribution in [0.15, 0.2) is 48.7 Å². The van der Waals surface area contributed by atoms with Gasteiger partial charge in [0.15, 0.2) is 0 Å². The van der Waals surface area contributed by atoms with E-state index in [2.05, 4.69) is 5.32 Å². The van der Waals surface area contributed by atoms with Crippen LogP contribution in [0.5, 0.6) is 11.5 Å². The van der Waals surface area contributed by atoms with Crippen molar-refractivity contribution < 1.29 is 14.2 Å². The molecule has 1 aromatic rings. The molecule has 1 heterocycles. The van der Waals surface area contributed by atoms with E-state index in [0.29, 0.717) is 13.2 Å². The van der Waals surface area contributed by atoms with Gasteiger partial charge in [-0.2, -0.15) is 0 Å². The van der Waals surface area contributed by atoms with Crippen LogP contribution >= 0.6 is 0 Å². The van der Waals surface area contributed by atoms with Gasteiger partial charge in [0.1, 0.15) is 18.1 Å². The van der Waals surface area contributed by atoms with Crippen molar-refractivity contribution >= 4 is 0 Å². The molecule has 0 fully saturated rings. The van der Waals surface area contributed by atoms with E-state index in [1.807, 2.05) is 36.4 Å². The van der Waals surface area contributed by atoms with Gasteiger partial charge < -0.3 is 19.5 Å². The molecule has 1 aliphatic rings. The summed E-state index contributed by atoms with van der Waals surface area (Å²) >= 11 is 0. The second-order valence-corrected chi connectivity index (χ2v) is 4.03. The van der Waals surface area contributed by atoms with Crippen LogP contribution in [0, 0.1) is 0 Å². The summed E-state index contributed by atoms with van der Waals surface area (Å²) in [6.07, 6.45) is 7.17. The highest BCUT2D eigenvalue weighted by Gasteiger charge is 2.21. The van der Waals surface area contributed by atoms with Gasteiger partial charge in [-0.3, -0.25) is 5.73 Å². The van der Waals surface area contributed by atoms with E-state index in [0.717, 1.165) is 11.5 Å². The second-order valence-electron chi connectivity index (χ2n) is 4.03. The quantitative estimate of drug-likeness (QED) is 0.599. The summed E-state index contributed by atoms with van der Waals surface area (Å²) in [7, 11) is 1.62. The van der Waals surface area contributed by atoms with Crippen molar-refractivity contribution in [3.63, 3.8) is 0 Å². The van der Waals surface area contributed by atoms with Crippen LogP contribution in [-0.2, 0) is 4.74 Å². The molecule has 0 saturated heterocycles. The first-order valence-electron chi connectivity index (χ1n) is 6.04. The molecule has 0 radical (unpaired) electrons. The fraction of sp³-hybridized carbons (Fsp3) is 0.286. The molecule has 5 heteroatoms. The van der Waals surface area contributed by atoms with Crippen LogP contribution in [0.1, 0.15) is 0 Å². The Morgan fingerprint density at radius 2 is 2.05 bits per heavy atom. The maximum Gasteiger partial charge on any atom is 0.213 e. The standard InChI is InChI=1S/C14H18N2O3/c1-17-12-5-4-6-13(11-12)18-9-10-19-14(15)7-2-3-8-16-14/h2-8,11,16H,9-10,15H2,1H3. The maximum absolute atomic E-state index is 5.94. The Morgan fingerprint density at radius 1 is 1.21 bits per heavy atom. The lowest BCUT2D eigenvalue weighted by atomic mass is 10.3. The summed E-state index contributed by atoms with van der Waals surface area (Å²) < 4.78 is 16.2. The van der Waals surface area contributed by atoms with Crippen LogP contribution in [0.4, 0.5) is 0 Å². The summed E-state index contributed by atoms with van der Waals surface area (Å²) in [6, 6.07) is 7.42. The third-order valence-electron chi connectivity index (χ3n) is 2.59. The number of dihydropyridines is 1. The van der Waals surface area contributed by atoms with Crippen molar-refractivity contribution in [1.82, 2.24) is 5.32 Å². The molecule has 1 unspecified atom stereocenters. The van der Waals surface area contributed by atoms with E-state index in [9.17, 15) is 0 Å². The monoisotopic (exact) mass is 262 g/mol. The van der Waals surface area contributed by atoms with Crippen molar-refractivity contribution in [1.29, 1.82) is 0 Å². The third-order valence-corrected chi connectivity index (χ3v) is 2.59. The number of nitrogens with one attached hydrogen (secondary N) is 1. The van der Waals surface area contributed by atoms with Crippen LogP contribution in [0.25, 0.3) is 0 Å².